The number of carbonyl (C=O) groups is 2. The molecule has 2 rings (SSSR count). The minimum absolute atomic E-state index is 0.0486. The zero-order valence-electron chi connectivity index (χ0n) is 11.8. The highest BCUT2D eigenvalue weighted by Crippen LogP contribution is 2.25. The van der Waals surface area contributed by atoms with E-state index in [0.717, 1.165) is 6.26 Å². The smallest absolute Gasteiger partial charge is 0.326 e. The Kier molecular flexibility index (Phi) is 4.04. The lowest BCUT2D eigenvalue weighted by atomic mass is 10.1. The van der Waals surface area contributed by atoms with Crippen LogP contribution in [-0.2, 0) is 14.6 Å². The van der Waals surface area contributed by atoms with Gasteiger partial charge in [0.1, 0.15) is 6.04 Å². The average Bonchev–Trinajstić information content (AvgIpc) is 2.79. The van der Waals surface area contributed by atoms with E-state index in [4.69, 9.17) is 0 Å². The second kappa shape index (κ2) is 5.48. The molecule has 1 aliphatic rings. The maximum absolute atomic E-state index is 12.5. The van der Waals surface area contributed by atoms with Gasteiger partial charge in [-0.25, -0.2) is 13.2 Å². The topological polar surface area (TPSA) is 91.8 Å². The van der Waals surface area contributed by atoms with Crippen molar-refractivity contribution in [3.8, 4) is 0 Å². The minimum atomic E-state index is -3.41. The molecule has 114 valence electrons. The molecule has 7 heteroatoms. The molecule has 0 unspecified atom stereocenters. The Morgan fingerprint density at radius 3 is 2.57 bits per heavy atom. The van der Waals surface area contributed by atoms with E-state index in [1.54, 1.807) is 0 Å². The van der Waals surface area contributed by atoms with Crippen LogP contribution in [0.25, 0.3) is 0 Å². The summed E-state index contributed by atoms with van der Waals surface area (Å²) in [6, 6.07) is 4.83. The zero-order chi connectivity index (χ0) is 15.8. The molecule has 0 saturated carbocycles. The maximum Gasteiger partial charge on any atom is 0.326 e. The predicted molar refractivity (Wildman–Crippen MR) is 75.8 cm³/mol. The first-order valence-electron chi connectivity index (χ1n) is 6.54. The molecular weight excluding hydrogens is 294 g/mol. The van der Waals surface area contributed by atoms with Crippen LogP contribution in [0.3, 0.4) is 0 Å². The van der Waals surface area contributed by atoms with Crippen molar-refractivity contribution in [1.29, 1.82) is 0 Å². The van der Waals surface area contributed by atoms with Gasteiger partial charge in [0.2, 0.25) is 0 Å². The SMILES string of the molecule is C[C@@H]1C[C@H](C(=O)O)N(C(=O)c2cccc(S(C)(=O)=O)c2)C1. The molecule has 0 bridgehead atoms. The van der Waals surface area contributed by atoms with Gasteiger partial charge in [0, 0.05) is 18.4 Å². The molecule has 0 aliphatic carbocycles. The van der Waals surface area contributed by atoms with Gasteiger partial charge < -0.3 is 10.0 Å². The fourth-order valence-electron chi connectivity index (χ4n) is 2.53. The van der Waals surface area contributed by atoms with Crippen LogP contribution in [0, 0.1) is 5.92 Å². The van der Waals surface area contributed by atoms with Crippen molar-refractivity contribution in [2.24, 2.45) is 5.92 Å². The highest BCUT2D eigenvalue weighted by Gasteiger charge is 2.38. The molecule has 1 heterocycles. The van der Waals surface area contributed by atoms with Crippen molar-refractivity contribution < 1.29 is 23.1 Å². The molecular formula is C14H17NO5S. The van der Waals surface area contributed by atoms with Crippen molar-refractivity contribution in [1.82, 2.24) is 4.90 Å². The molecule has 1 aliphatic heterocycles. The van der Waals surface area contributed by atoms with Gasteiger partial charge in [-0.3, -0.25) is 4.79 Å². The zero-order valence-corrected chi connectivity index (χ0v) is 12.6. The Morgan fingerprint density at radius 1 is 1.33 bits per heavy atom. The van der Waals surface area contributed by atoms with E-state index in [2.05, 4.69) is 0 Å². The first kappa shape index (κ1) is 15.5. The van der Waals surface area contributed by atoms with Crippen molar-refractivity contribution >= 4 is 21.7 Å². The van der Waals surface area contributed by atoms with Gasteiger partial charge in [0.05, 0.1) is 4.90 Å². The normalized spacial score (nSPS) is 22.3. The summed E-state index contributed by atoms with van der Waals surface area (Å²) in [4.78, 5) is 25.0. The van der Waals surface area contributed by atoms with E-state index in [0.29, 0.717) is 13.0 Å². The fourth-order valence-corrected chi connectivity index (χ4v) is 3.20. The number of rotatable bonds is 3. The number of carboxylic acid groups (broad SMARTS) is 1. The van der Waals surface area contributed by atoms with Gasteiger partial charge in [0.25, 0.3) is 5.91 Å². The lowest BCUT2D eigenvalue weighted by molar-refractivity contribution is -0.141. The molecule has 0 radical (unpaired) electrons. The Hall–Kier alpha value is -1.89. The number of likely N-dealkylation sites (tertiary alicyclic amines) is 1. The first-order valence-corrected chi connectivity index (χ1v) is 8.43. The highest BCUT2D eigenvalue weighted by molar-refractivity contribution is 7.90. The standard InChI is InChI=1S/C14H17NO5S/c1-9-6-12(14(17)18)15(8-9)13(16)10-4-3-5-11(7-10)21(2,19)20/h3-5,7,9,12H,6,8H2,1-2H3,(H,17,18)/t9-,12-/m1/s1. The summed E-state index contributed by atoms with van der Waals surface area (Å²) in [5.41, 5.74) is 0.193. The third-order valence-corrected chi connectivity index (χ3v) is 4.68. The lowest BCUT2D eigenvalue weighted by Gasteiger charge is -2.21. The largest absolute Gasteiger partial charge is 0.480 e. The molecule has 6 nitrogen and oxygen atoms in total. The van der Waals surface area contributed by atoms with Crippen LogP contribution >= 0.6 is 0 Å². The van der Waals surface area contributed by atoms with Gasteiger partial charge in [-0.15, -0.1) is 0 Å². The monoisotopic (exact) mass is 311 g/mol. The Bertz CT molecular complexity index is 682. The number of carbonyl (C=O) groups excluding carboxylic acids is 1. The van der Waals surface area contributed by atoms with E-state index in [9.17, 15) is 23.1 Å². The molecule has 1 N–H and O–H groups in total. The van der Waals surface area contributed by atoms with Gasteiger partial charge in [-0.05, 0) is 30.5 Å². The van der Waals surface area contributed by atoms with Gasteiger partial charge in [-0.1, -0.05) is 13.0 Å². The molecule has 1 aromatic carbocycles. The number of hydrogen-bond acceptors (Lipinski definition) is 4. The van der Waals surface area contributed by atoms with Crippen LogP contribution < -0.4 is 0 Å². The van der Waals surface area contributed by atoms with E-state index < -0.39 is 27.8 Å². The third-order valence-electron chi connectivity index (χ3n) is 3.57. The molecule has 0 spiro atoms. The molecule has 0 aromatic heterocycles. The summed E-state index contributed by atoms with van der Waals surface area (Å²) in [7, 11) is -3.41. The number of carboxylic acids is 1. The van der Waals surface area contributed by atoms with Crippen LogP contribution in [0.2, 0.25) is 0 Å². The number of amides is 1. The minimum Gasteiger partial charge on any atom is -0.480 e. The second-order valence-corrected chi connectivity index (χ2v) is 7.47. The van der Waals surface area contributed by atoms with Crippen molar-refractivity contribution in [2.75, 3.05) is 12.8 Å². The van der Waals surface area contributed by atoms with E-state index in [1.165, 1.54) is 29.2 Å². The summed E-state index contributed by atoms with van der Waals surface area (Å²) in [5.74, 6) is -1.38. The lowest BCUT2D eigenvalue weighted by Crippen LogP contribution is -2.40. The van der Waals surface area contributed by atoms with Crippen LogP contribution in [0.4, 0.5) is 0 Å². The third kappa shape index (κ3) is 3.24. The molecule has 1 saturated heterocycles. The van der Waals surface area contributed by atoms with Crippen LogP contribution in [0.5, 0.6) is 0 Å². The van der Waals surface area contributed by atoms with E-state index in [-0.39, 0.29) is 16.4 Å². The number of benzene rings is 1. The Balaban J connectivity index is 2.34. The quantitative estimate of drug-likeness (QED) is 0.900. The first-order chi connectivity index (χ1) is 9.70. The van der Waals surface area contributed by atoms with Crippen molar-refractivity contribution in [3.05, 3.63) is 29.8 Å². The molecule has 1 fully saturated rings. The summed E-state index contributed by atoms with van der Waals surface area (Å²) < 4.78 is 23.1. The Morgan fingerprint density at radius 2 is 2.00 bits per heavy atom. The molecule has 2 atom stereocenters. The van der Waals surface area contributed by atoms with E-state index >= 15 is 0 Å². The van der Waals surface area contributed by atoms with Crippen LogP contribution in [0.15, 0.2) is 29.2 Å². The number of sulfone groups is 1. The summed E-state index contributed by atoms with van der Waals surface area (Å²) >= 11 is 0. The summed E-state index contributed by atoms with van der Waals surface area (Å²) in [6.45, 7) is 2.25. The number of aliphatic carboxylic acids is 1. The molecule has 21 heavy (non-hydrogen) atoms. The second-order valence-electron chi connectivity index (χ2n) is 5.45. The Labute approximate surface area is 123 Å². The van der Waals surface area contributed by atoms with Gasteiger partial charge >= 0.3 is 5.97 Å². The highest BCUT2D eigenvalue weighted by atomic mass is 32.2. The van der Waals surface area contributed by atoms with Gasteiger partial charge in [-0.2, -0.15) is 0 Å². The predicted octanol–water partition coefficient (Wildman–Crippen LogP) is 1.03. The fraction of sp³-hybridized carbons (Fsp3) is 0.429. The number of nitrogens with zero attached hydrogens (tertiary/aromatic N) is 1. The van der Waals surface area contributed by atoms with E-state index in [1.807, 2.05) is 6.92 Å². The molecule has 1 amide bonds. The maximum atomic E-state index is 12.5. The van der Waals surface area contributed by atoms with Crippen molar-refractivity contribution in [3.63, 3.8) is 0 Å². The summed E-state index contributed by atoms with van der Waals surface area (Å²) in [6.07, 6.45) is 1.47. The van der Waals surface area contributed by atoms with Gasteiger partial charge in [0.15, 0.2) is 9.84 Å². The molecule has 1 aromatic rings. The van der Waals surface area contributed by atoms with Crippen LogP contribution in [-0.4, -0.2) is 49.1 Å². The summed E-state index contributed by atoms with van der Waals surface area (Å²) in [5, 5.41) is 9.19. The van der Waals surface area contributed by atoms with Crippen LogP contribution in [0.1, 0.15) is 23.7 Å². The average molecular weight is 311 g/mol. The van der Waals surface area contributed by atoms with Crippen molar-refractivity contribution in [2.45, 2.75) is 24.3 Å². The number of hydrogen-bond donors (Lipinski definition) is 1.